The summed E-state index contributed by atoms with van der Waals surface area (Å²) in [5, 5.41) is 0. The summed E-state index contributed by atoms with van der Waals surface area (Å²) >= 11 is 0. The van der Waals surface area contributed by atoms with Crippen LogP contribution in [0.1, 0.15) is 66.6 Å². The van der Waals surface area contributed by atoms with Gasteiger partial charge in [-0.15, -0.1) is 0 Å². The fraction of sp³-hybridized carbons (Fsp3) is 0.536. The van der Waals surface area contributed by atoms with Crippen LogP contribution in [0.3, 0.4) is 0 Å². The molecule has 35 heavy (non-hydrogen) atoms. The van der Waals surface area contributed by atoms with E-state index in [1.165, 1.54) is 24.0 Å². The molecule has 2 fully saturated rings. The fourth-order valence-corrected chi connectivity index (χ4v) is 6.06. The van der Waals surface area contributed by atoms with E-state index in [-0.39, 0.29) is 17.9 Å². The first-order valence-electron chi connectivity index (χ1n) is 12.8. The van der Waals surface area contributed by atoms with Crippen LogP contribution in [-0.4, -0.2) is 58.4 Å². The van der Waals surface area contributed by atoms with E-state index < -0.39 is 5.91 Å². The van der Waals surface area contributed by atoms with Gasteiger partial charge >= 0.3 is 0 Å². The van der Waals surface area contributed by atoms with Crippen LogP contribution < -0.4 is 10.5 Å². The highest BCUT2D eigenvalue weighted by Crippen LogP contribution is 2.43. The van der Waals surface area contributed by atoms with E-state index in [0.717, 1.165) is 57.7 Å². The zero-order chi connectivity index (χ0) is 24.6. The van der Waals surface area contributed by atoms with Crippen LogP contribution in [0.25, 0.3) is 0 Å². The molecule has 3 aliphatic rings. The summed E-state index contributed by atoms with van der Waals surface area (Å²) in [5.74, 6) is 0.582. The van der Waals surface area contributed by atoms with Gasteiger partial charge in [0.15, 0.2) is 0 Å². The summed E-state index contributed by atoms with van der Waals surface area (Å²) in [5.41, 5.74) is 9.50. The van der Waals surface area contributed by atoms with Gasteiger partial charge in [-0.1, -0.05) is 12.1 Å². The standard InChI is InChI=1S/C28H36N4O3/c1-27(2)17-23-20(4-3-5-24(23)35-27)19-31-12-7-28(8-13-31)9-14-32(15-10-28)26(34)22-6-11-30-18-21(22)16-25(29)33/h3-6,11,18H,7-10,12-17,19H2,1-2H3,(H2,29,33). The fourth-order valence-electron chi connectivity index (χ4n) is 6.06. The summed E-state index contributed by atoms with van der Waals surface area (Å²) in [7, 11) is 0. The Morgan fingerprint density at radius 1 is 1.03 bits per heavy atom. The van der Waals surface area contributed by atoms with Gasteiger partial charge in [0.25, 0.3) is 5.91 Å². The number of carbonyl (C=O) groups is 2. The zero-order valence-corrected chi connectivity index (χ0v) is 20.9. The number of carbonyl (C=O) groups excluding carboxylic acids is 2. The lowest BCUT2D eigenvalue weighted by molar-refractivity contribution is -0.117. The first-order valence-corrected chi connectivity index (χ1v) is 12.8. The minimum atomic E-state index is -0.451. The number of aromatic nitrogens is 1. The van der Waals surface area contributed by atoms with Gasteiger partial charge < -0.3 is 15.4 Å². The van der Waals surface area contributed by atoms with Gasteiger partial charge in [-0.3, -0.25) is 19.5 Å². The lowest BCUT2D eigenvalue weighted by atomic mass is 9.71. The number of fused-ring (bicyclic) bond motifs is 1. The molecule has 2 N–H and O–H groups in total. The molecule has 5 rings (SSSR count). The van der Waals surface area contributed by atoms with E-state index in [1.54, 1.807) is 18.5 Å². The van der Waals surface area contributed by atoms with Gasteiger partial charge in [0.1, 0.15) is 11.4 Å². The number of amides is 2. The predicted molar refractivity (Wildman–Crippen MR) is 134 cm³/mol. The highest BCUT2D eigenvalue weighted by molar-refractivity contribution is 5.96. The van der Waals surface area contributed by atoms with Crippen molar-refractivity contribution in [3.05, 3.63) is 58.9 Å². The third-order valence-electron chi connectivity index (χ3n) is 8.14. The molecule has 4 heterocycles. The van der Waals surface area contributed by atoms with E-state index in [2.05, 4.69) is 41.9 Å². The van der Waals surface area contributed by atoms with E-state index in [9.17, 15) is 9.59 Å². The van der Waals surface area contributed by atoms with Crippen molar-refractivity contribution in [3.8, 4) is 5.75 Å². The van der Waals surface area contributed by atoms with E-state index in [0.29, 0.717) is 16.5 Å². The second-order valence-electron chi connectivity index (χ2n) is 11.2. The first kappa shape index (κ1) is 23.8. The number of pyridine rings is 1. The molecule has 1 spiro atoms. The molecule has 0 atom stereocenters. The Morgan fingerprint density at radius 2 is 1.74 bits per heavy atom. The molecular formula is C28H36N4O3. The minimum Gasteiger partial charge on any atom is -0.487 e. The van der Waals surface area contributed by atoms with Crippen molar-refractivity contribution in [2.75, 3.05) is 26.2 Å². The van der Waals surface area contributed by atoms with Crippen molar-refractivity contribution in [3.63, 3.8) is 0 Å². The molecule has 7 nitrogen and oxygen atoms in total. The topological polar surface area (TPSA) is 88.8 Å². The molecule has 0 aliphatic carbocycles. The van der Waals surface area contributed by atoms with Gasteiger partial charge in [0, 0.05) is 49.6 Å². The zero-order valence-electron chi connectivity index (χ0n) is 20.9. The highest BCUT2D eigenvalue weighted by atomic mass is 16.5. The van der Waals surface area contributed by atoms with Crippen molar-refractivity contribution in [2.45, 2.75) is 64.5 Å². The molecule has 3 aliphatic heterocycles. The third-order valence-corrected chi connectivity index (χ3v) is 8.14. The summed E-state index contributed by atoms with van der Waals surface area (Å²) in [4.78, 5) is 33.2. The minimum absolute atomic E-state index is 0.0148. The molecule has 0 radical (unpaired) electrons. The number of rotatable bonds is 5. The molecule has 0 saturated carbocycles. The Kier molecular flexibility index (Phi) is 6.30. The Balaban J connectivity index is 1.17. The van der Waals surface area contributed by atoms with Gasteiger partial charge in [-0.05, 0) is 81.3 Å². The quantitative estimate of drug-likeness (QED) is 0.715. The second-order valence-corrected chi connectivity index (χ2v) is 11.2. The van der Waals surface area contributed by atoms with Crippen molar-refractivity contribution < 1.29 is 14.3 Å². The maximum atomic E-state index is 13.2. The average Bonchev–Trinajstić information content (AvgIpc) is 3.16. The lowest BCUT2D eigenvalue weighted by Crippen LogP contribution is -2.48. The number of likely N-dealkylation sites (tertiary alicyclic amines) is 2. The normalized spacial score (nSPS) is 20.9. The monoisotopic (exact) mass is 476 g/mol. The van der Waals surface area contributed by atoms with Crippen molar-refractivity contribution in [1.29, 1.82) is 0 Å². The number of benzene rings is 1. The molecule has 1 aromatic carbocycles. The number of nitrogens with two attached hydrogens (primary N) is 1. The largest absolute Gasteiger partial charge is 0.487 e. The van der Waals surface area contributed by atoms with E-state index >= 15 is 0 Å². The Labute approximate surface area is 207 Å². The van der Waals surface area contributed by atoms with Crippen LogP contribution in [-0.2, 0) is 24.2 Å². The molecular weight excluding hydrogens is 440 g/mol. The Morgan fingerprint density at radius 3 is 2.46 bits per heavy atom. The van der Waals surface area contributed by atoms with E-state index in [1.807, 2.05) is 4.90 Å². The second kappa shape index (κ2) is 9.26. The maximum Gasteiger partial charge on any atom is 0.254 e. The van der Waals surface area contributed by atoms with Gasteiger partial charge in [-0.2, -0.15) is 0 Å². The molecule has 7 heteroatoms. The van der Waals surface area contributed by atoms with Crippen LogP contribution >= 0.6 is 0 Å². The average molecular weight is 477 g/mol. The summed E-state index contributed by atoms with van der Waals surface area (Å²) in [6.07, 6.45) is 8.61. The SMILES string of the molecule is CC1(C)Cc2c(CN3CCC4(CC3)CCN(C(=O)c3ccncc3CC(N)=O)CC4)cccc2O1. The summed E-state index contributed by atoms with van der Waals surface area (Å²) in [6, 6.07) is 8.17. The van der Waals surface area contributed by atoms with Crippen LogP contribution in [0.2, 0.25) is 0 Å². The van der Waals surface area contributed by atoms with Gasteiger partial charge in [-0.25, -0.2) is 0 Å². The highest BCUT2D eigenvalue weighted by Gasteiger charge is 2.39. The first-order chi connectivity index (χ1) is 16.7. The van der Waals surface area contributed by atoms with Crippen molar-refractivity contribution >= 4 is 11.8 Å². The number of ether oxygens (including phenoxy) is 1. The van der Waals surface area contributed by atoms with Gasteiger partial charge in [0.05, 0.1) is 6.42 Å². The van der Waals surface area contributed by atoms with Crippen molar-refractivity contribution in [1.82, 2.24) is 14.8 Å². The van der Waals surface area contributed by atoms with Crippen LogP contribution in [0, 0.1) is 5.41 Å². The molecule has 0 bridgehead atoms. The number of hydrogen-bond acceptors (Lipinski definition) is 5. The van der Waals surface area contributed by atoms with Crippen molar-refractivity contribution in [2.24, 2.45) is 11.1 Å². The maximum absolute atomic E-state index is 13.2. The van der Waals surface area contributed by atoms with Crippen LogP contribution in [0.5, 0.6) is 5.75 Å². The number of primary amides is 1. The number of piperidine rings is 2. The lowest BCUT2D eigenvalue weighted by Gasteiger charge is -2.47. The van der Waals surface area contributed by atoms with Gasteiger partial charge in [0.2, 0.25) is 5.91 Å². The number of hydrogen-bond donors (Lipinski definition) is 1. The van der Waals surface area contributed by atoms with Crippen LogP contribution in [0.4, 0.5) is 0 Å². The predicted octanol–water partition coefficient (Wildman–Crippen LogP) is 3.34. The smallest absolute Gasteiger partial charge is 0.254 e. The summed E-state index contributed by atoms with van der Waals surface area (Å²) < 4.78 is 6.12. The Hall–Kier alpha value is -2.93. The molecule has 2 aromatic rings. The summed E-state index contributed by atoms with van der Waals surface area (Å²) in [6.45, 7) is 9.00. The molecule has 186 valence electrons. The molecule has 2 amide bonds. The molecule has 2 saturated heterocycles. The number of nitrogens with zero attached hydrogens (tertiary/aromatic N) is 3. The van der Waals surface area contributed by atoms with Crippen LogP contribution in [0.15, 0.2) is 36.7 Å². The Bertz CT molecular complexity index is 1110. The molecule has 0 unspecified atom stereocenters. The third kappa shape index (κ3) is 5.06. The van der Waals surface area contributed by atoms with E-state index in [4.69, 9.17) is 10.5 Å². The molecule has 1 aromatic heterocycles.